The number of hydrogen-bond donors (Lipinski definition) is 1. The minimum atomic E-state index is -0.855. The van der Waals surface area contributed by atoms with E-state index in [1.165, 1.54) is 6.08 Å². The minimum absolute atomic E-state index is 0.748. The van der Waals surface area contributed by atoms with E-state index in [1.807, 2.05) is 24.3 Å². The van der Waals surface area contributed by atoms with Crippen molar-refractivity contribution in [1.82, 2.24) is 0 Å². The van der Waals surface area contributed by atoms with E-state index in [4.69, 9.17) is 16.7 Å². The lowest BCUT2D eigenvalue weighted by atomic mass is 10.0. The highest BCUT2D eigenvalue weighted by atomic mass is 35.5. The molecule has 1 aromatic rings. The Hall–Kier alpha value is -1.48. The summed E-state index contributed by atoms with van der Waals surface area (Å²) in [6.07, 6.45) is 2.90. The molecule has 2 rings (SSSR count). The second-order valence-corrected chi connectivity index (χ2v) is 4.49. The zero-order chi connectivity index (χ0) is 12.3. The second-order valence-electron chi connectivity index (χ2n) is 4.08. The summed E-state index contributed by atoms with van der Waals surface area (Å²) in [5, 5.41) is 9.43. The van der Waals surface area contributed by atoms with E-state index in [0.717, 1.165) is 42.2 Å². The van der Waals surface area contributed by atoms with Crippen LogP contribution in [-0.4, -0.2) is 24.2 Å². The molecule has 0 saturated carbocycles. The largest absolute Gasteiger partial charge is 0.478 e. The van der Waals surface area contributed by atoms with Crippen LogP contribution in [0.3, 0.4) is 0 Å². The zero-order valence-corrected chi connectivity index (χ0v) is 10.2. The van der Waals surface area contributed by atoms with Gasteiger partial charge in [-0.3, -0.25) is 0 Å². The third kappa shape index (κ3) is 3.01. The molecule has 1 N–H and O–H groups in total. The summed E-state index contributed by atoms with van der Waals surface area (Å²) >= 11 is 6.13. The summed E-state index contributed by atoms with van der Waals surface area (Å²) in [6, 6.07) is 7.74. The Labute approximate surface area is 105 Å². The maximum Gasteiger partial charge on any atom is 0.328 e. The Bertz CT molecular complexity index is 446. The molecule has 1 aliphatic rings. The van der Waals surface area contributed by atoms with Gasteiger partial charge in [0.05, 0.1) is 10.7 Å². The molecule has 3 nitrogen and oxygen atoms in total. The van der Waals surface area contributed by atoms with Gasteiger partial charge in [0.15, 0.2) is 0 Å². The van der Waals surface area contributed by atoms with Crippen LogP contribution in [0, 0.1) is 0 Å². The van der Waals surface area contributed by atoms with Crippen LogP contribution in [0.1, 0.15) is 12.8 Å². The van der Waals surface area contributed by atoms with Crippen molar-refractivity contribution < 1.29 is 9.90 Å². The van der Waals surface area contributed by atoms with Crippen LogP contribution in [0.25, 0.3) is 0 Å². The van der Waals surface area contributed by atoms with Crippen LogP contribution in [0.4, 0.5) is 5.69 Å². The molecule has 1 aromatic carbocycles. The number of piperidine rings is 1. The quantitative estimate of drug-likeness (QED) is 0.822. The van der Waals surface area contributed by atoms with Crippen molar-refractivity contribution in [3.05, 3.63) is 40.9 Å². The highest BCUT2D eigenvalue weighted by Crippen LogP contribution is 2.28. The molecule has 17 heavy (non-hydrogen) atoms. The van der Waals surface area contributed by atoms with E-state index in [1.54, 1.807) is 0 Å². The Morgan fingerprint density at radius 3 is 2.53 bits per heavy atom. The van der Waals surface area contributed by atoms with Gasteiger partial charge in [-0.25, -0.2) is 4.79 Å². The molecule has 1 aliphatic heterocycles. The van der Waals surface area contributed by atoms with Gasteiger partial charge in [0.25, 0.3) is 0 Å². The van der Waals surface area contributed by atoms with Gasteiger partial charge in [-0.05, 0) is 25.0 Å². The number of nitrogens with zero attached hydrogens (tertiary/aromatic N) is 1. The summed E-state index contributed by atoms with van der Waals surface area (Å²) in [7, 11) is 0. The van der Waals surface area contributed by atoms with E-state index < -0.39 is 5.97 Å². The van der Waals surface area contributed by atoms with Crippen LogP contribution in [-0.2, 0) is 4.79 Å². The minimum Gasteiger partial charge on any atom is -0.478 e. The van der Waals surface area contributed by atoms with E-state index >= 15 is 0 Å². The van der Waals surface area contributed by atoms with E-state index in [9.17, 15) is 4.79 Å². The first kappa shape index (κ1) is 12.0. The first-order chi connectivity index (χ1) is 8.16. The SMILES string of the molecule is O=C(O)C=C1CCN(c2ccccc2Cl)CC1. The predicted molar refractivity (Wildman–Crippen MR) is 68.6 cm³/mol. The number of hydrogen-bond acceptors (Lipinski definition) is 2. The first-order valence-electron chi connectivity index (χ1n) is 5.58. The van der Waals surface area contributed by atoms with Crippen LogP contribution in [0.5, 0.6) is 0 Å². The van der Waals surface area contributed by atoms with Crippen molar-refractivity contribution in [2.45, 2.75) is 12.8 Å². The molecular weight excluding hydrogens is 238 g/mol. The average Bonchev–Trinajstić information content (AvgIpc) is 2.30. The molecule has 0 bridgehead atoms. The number of anilines is 1. The third-order valence-electron chi connectivity index (χ3n) is 2.93. The molecule has 1 heterocycles. The van der Waals surface area contributed by atoms with Gasteiger partial charge in [0.2, 0.25) is 0 Å². The van der Waals surface area contributed by atoms with Crippen LogP contribution < -0.4 is 4.90 Å². The Morgan fingerprint density at radius 1 is 1.29 bits per heavy atom. The molecule has 0 radical (unpaired) electrons. The van der Waals surface area contributed by atoms with Crippen LogP contribution >= 0.6 is 11.6 Å². The lowest BCUT2D eigenvalue weighted by Gasteiger charge is -2.30. The molecule has 0 aromatic heterocycles. The molecule has 0 atom stereocenters. The molecule has 0 spiro atoms. The van der Waals surface area contributed by atoms with Crippen molar-refractivity contribution in [2.75, 3.05) is 18.0 Å². The number of para-hydroxylation sites is 1. The summed E-state index contributed by atoms with van der Waals surface area (Å²) < 4.78 is 0. The molecule has 1 saturated heterocycles. The number of benzene rings is 1. The first-order valence-corrected chi connectivity index (χ1v) is 5.96. The monoisotopic (exact) mass is 251 g/mol. The Balaban J connectivity index is 2.05. The van der Waals surface area contributed by atoms with Gasteiger partial charge in [-0.2, -0.15) is 0 Å². The van der Waals surface area contributed by atoms with Gasteiger partial charge < -0.3 is 10.0 Å². The van der Waals surface area contributed by atoms with Gasteiger partial charge in [-0.15, -0.1) is 0 Å². The van der Waals surface area contributed by atoms with Gasteiger partial charge in [-0.1, -0.05) is 29.3 Å². The number of carbonyl (C=O) groups is 1. The molecule has 0 unspecified atom stereocenters. The summed E-state index contributed by atoms with van der Waals surface area (Å²) in [5.74, 6) is -0.855. The van der Waals surface area contributed by atoms with Crippen molar-refractivity contribution in [3.8, 4) is 0 Å². The van der Waals surface area contributed by atoms with Crippen LogP contribution in [0.2, 0.25) is 5.02 Å². The molecule has 0 aliphatic carbocycles. The number of carboxylic acid groups (broad SMARTS) is 1. The third-order valence-corrected chi connectivity index (χ3v) is 3.25. The summed E-state index contributed by atoms with van der Waals surface area (Å²) in [6.45, 7) is 1.64. The van der Waals surface area contributed by atoms with E-state index in [0.29, 0.717) is 0 Å². The fourth-order valence-corrected chi connectivity index (χ4v) is 2.32. The normalized spacial score (nSPS) is 15.8. The topological polar surface area (TPSA) is 40.5 Å². The predicted octanol–water partition coefficient (Wildman–Crippen LogP) is 2.95. The number of carboxylic acids is 1. The highest BCUT2D eigenvalue weighted by molar-refractivity contribution is 6.33. The highest BCUT2D eigenvalue weighted by Gasteiger charge is 2.16. The molecular formula is C13H14ClNO2. The van der Waals surface area contributed by atoms with Gasteiger partial charge in [0.1, 0.15) is 0 Å². The van der Waals surface area contributed by atoms with Gasteiger partial charge in [0, 0.05) is 19.2 Å². The summed E-state index contributed by atoms with van der Waals surface area (Å²) in [5.41, 5.74) is 2.03. The lowest BCUT2D eigenvalue weighted by molar-refractivity contribution is -0.131. The maximum absolute atomic E-state index is 10.6. The van der Waals surface area contributed by atoms with Crippen LogP contribution in [0.15, 0.2) is 35.9 Å². The Kier molecular flexibility index (Phi) is 3.69. The van der Waals surface area contributed by atoms with Crippen molar-refractivity contribution in [1.29, 1.82) is 0 Å². The fourth-order valence-electron chi connectivity index (χ4n) is 2.06. The number of rotatable bonds is 2. The number of halogens is 1. The van der Waals surface area contributed by atoms with Crippen molar-refractivity contribution >= 4 is 23.3 Å². The molecule has 1 fully saturated rings. The Morgan fingerprint density at radius 2 is 1.94 bits per heavy atom. The molecule has 0 amide bonds. The molecule has 90 valence electrons. The maximum atomic E-state index is 10.6. The summed E-state index contributed by atoms with van der Waals surface area (Å²) in [4.78, 5) is 12.8. The second kappa shape index (κ2) is 5.23. The van der Waals surface area contributed by atoms with Crippen molar-refractivity contribution in [2.24, 2.45) is 0 Å². The zero-order valence-electron chi connectivity index (χ0n) is 9.40. The average molecular weight is 252 g/mol. The fraction of sp³-hybridized carbons (Fsp3) is 0.308. The molecule has 4 heteroatoms. The van der Waals surface area contributed by atoms with E-state index in [2.05, 4.69) is 4.90 Å². The lowest BCUT2D eigenvalue weighted by Crippen LogP contribution is -2.30. The van der Waals surface area contributed by atoms with Crippen molar-refractivity contribution in [3.63, 3.8) is 0 Å². The smallest absolute Gasteiger partial charge is 0.328 e. The van der Waals surface area contributed by atoms with Gasteiger partial charge >= 0.3 is 5.97 Å². The number of aliphatic carboxylic acids is 1. The van der Waals surface area contributed by atoms with E-state index in [-0.39, 0.29) is 0 Å². The standard InChI is InChI=1S/C13H14ClNO2/c14-11-3-1-2-4-12(11)15-7-5-10(6-8-15)9-13(16)17/h1-4,9H,5-8H2,(H,16,17).